The molecule has 0 atom stereocenters. The Morgan fingerprint density at radius 2 is 1.90 bits per heavy atom. The van der Waals surface area contributed by atoms with E-state index in [2.05, 4.69) is 10.3 Å². The minimum absolute atomic E-state index is 0.140. The highest BCUT2D eigenvalue weighted by molar-refractivity contribution is 7.11. The lowest BCUT2D eigenvalue weighted by Crippen LogP contribution is -2.06. The second kappa shape index (κ2) is 9.29. The smallest absolute Gasteiger partial charge is 0.417 e. The number of thiazole rings is 1. The van der Waals surface area contributed by atoms with Crippen LogP contribution >= 0.6 is 22.9 Å². The molecule has 31 heavy (non-hydrogen) atoms. The van der Waals surface area contributed by atoms with Crippen molar-refractivity contribution in [3.05, 3.63) is 63.6 Å². The molecule has 0 unspecified atom stereocenters. The SMILES string of the molecule is COc1ccc(-c2csc(/C(C#N)=C/Nc3ccc(Cl)c(C(F)(F)F)c3)n2)cc1OC. The molecule has 1 N–H and O–H groups in total. The Morgan fingerprint density at radius 3 is 2.55 bits per heavy atom. The van der Waals surface area contributed by atoms with Crippen molar-refractivity contribution in [2.75, 3.05) is 19.5 Å². The van der Waals surface area contributed by atoms with Crippen LogP contribution < -0.4 is 14.8 Å². The summed E-state index contributed by atoms with van der Waals surface area (Å²) >= 11 is 6.86. The van der Waals surface area contributed by atoms with Crippen molar-refractivity contribution >= 4 is 34.2 Å². The van der Waals surface area contributed by atoms with Crippen molar-refractivity contribution < 1.29 is 22.6 Å². The fourth-order valence-corrected chi connectivity index (χ4v) is 3.67. The summed E-state index contributed by atoms with van der Waals surface area (Å²) in [6.45, 7) is 0. The third-order valence-corrected chi connectivity index (χ3v) is 5.39. The molecule has 2 aromatic carbocycles. The highest BCUT2D eigenvalue weighted by atomic mass is 35.5. The molecule has 0 saturated carbocycles. The molecular formula is C21H15ClF3N3O2S. The van der Waals surface area contributed by atoms with Crippen molar-refractivity contribution in [2.45, 2.75) is 6.18 Å². The maximum absolute atomic E-state index is 13.0. The molecule has 0 aliphatic carbocycles. The van der Waals surface area contributed by atoms with Crippen molar-refractivity contribution in [1.29, 1.82) is 5.26 Å². The summed E-state index contributed by atoms with van der Waals surface area (Å²) in [5, 5.41) is 14.0. The summed E-state index contributed by atoms with van der Waals surface area (Å²) in [5.41, 5.74) is 0.725. The summed E-state index contributed by atoms with van der Waals surface area (Å²) in [5.74, 6) is 1.11. The average molecular weight is 466 g/mol. The van der Waals surface area contributed by atoms with Gasteiger partial charge in [0.25, 0.3) is 0 Å². The van der Waals surface area contributed by atoms with Gasteiger partial charge in [0, 0.05) is 22.8 Å². The highest BCUT2D eigenvalue weighted by Gasteiger charge is 2.33. The number of alkyl halides is 3. The van der Waals surface area contributed by atoms with Crippen LogP contribution in [0.3, 0.4) is 0 Å². The van der Waals surface area contributed by atoms with Gasteiger partial charge in [-0.3, -0.25) is 0 Å². The molecule has 0 saturated heterocycles. The lowest BCUT2D eigenvalue weighted by atomic mass is 10.1. The molecule has 5 nitrogen and oxygen atoms in total. The number of methoxy groups -OCH3 is 2. The Morgan fingerprint density at radius 1 is 1.16 bits per heavy atom. The van der Waals surface area contributed by atoms with Crippen LogP contribution in [-0.2, 0) is 6.18 Å². The number of benzene rings is 2. The molecule has 1 aromatic heterocycles. The van der Waals surface area contributed by atoms with Gasteiger partial charge >= 0.3 is 6.18 Å². The first-order valence-corrected chi connectivity index (χ1v) is 9.94. The van der Waals surface area contributed by atoms with E-state index in [1.807, 2.05) is 6.07 Å². The lowest BCUT2D eigenvalue weighted by Gasteiger charge is -2.11. The highest BCUT2D eigenvalue weighted by Crippen LogP contribution is 2.37. The topological polar surface area (TPSA) is 67.2 Å². The number of nitrogens with one attached hydrogen (secondary N) is 1. The molecule has 10 heteroatoms. The summed E-state index contributed by atoms with van der Waals surface area (Å²) in [4.78, 5) is 4.46. The second-order valence-corrected chi connectivity index (χ2v) is 7.38. The number of nitriles is 1. The van der Waals surface area contributed by atoms with Crippen molar-refractivity contribution in [3.8, 4) is 28.8 Å². The van der Waals surface area contributed by atoms with Crippen molar-refractivity contribution in [3.63, 3.8) is 0 Å². The monoisotopic (exact) mass is 465 g/mol. The van der Waals surface area contributed by atoms with Crippen molar-refractivity contribution in [1.82, 2.24) is 4.98 Å². The number of rotatable bonds is 6. The fourth-order valence-electron chi connectivity index (χ4n) is 2.66. The number of aromatic nitrogens is 1. The molecule has 3 aromatic rings. The molecule has 1 heterocycles. The van der Waals surface area contributed by atoms with E-state index < -0.39 is 16.8 Å². The molecule has 0 radical (unpaired) electrons. The zero-order chi connectivity index (χ0) is 22.6. The first-order valence-electron chi connectivity index (χ1n) is 8.68. The van der Waals surface area contributed by atoms with E-state index in [9.17, 15) is 18.4 Å². The van der Waals surface area contributed by atoms with Crippen LogP contribution in [-0.4, -0.2) is 19.2 Å². The molecule has 160 valence electrons. The van der Waals surface area contributed by atoms with Gasteiger partial charge < -0.3 is 14.8 Å². The van der Waals surface area contributed by atoms with E-state index in [1.165, 1.54) is 37.8 Å². The van der Waals surface area contributed by atoms with E-state index in [0.717, 1.165) is 17.7 Å². The number of hydrogen-bond acceptors (Lipinski definition) is 6. The van der Waals surface area contributed by atoms with Crippen LogP contribution in [0.5, 0.6) is 11.5 Å². The normalized spacial score (nSPS) is 11.7. The van der Waals surface area contributed by atoms with Gasteiger partial charge in [-0.25, -0.2) is 4.98 Å². The molecule has 0 amide bonds. The number of allylic oxidation sites excluding steroid dienone is 1. The minimum Gasteiger partial charge on any atom is -0.493 e. The molecule has 0 spiro atoms. The van der Waals surface area contributed by atoms with Crippen LogP contribution in [0.15, 0.2) is 48.0 Å². The predicted octanol–water partition coefficient (Wildman–Crippen LogP) is 6.48. The quantitative estimate of drug-likeness (QED) is 0.422. The van der Waals surface area contributed by atoms with Gasteiger partial charge in [0.2, 0.25) is 0 Å². The van der Waals surface area contributed by atoms with Gasteiger partial charge in [-0.05, 0) is 36.4 Å². The van der Waals surface area contributed by atoms with Gasteiger partial charge in [0.05, 0.1) is 30.5 Å². The number of hydrogen-bond donors (Lipinski definition) is 1. The van der Waals surface area contributed by atoms with Crippen LogP contribution in [0.4, 0.5) is 18.9 Å². The van der Waals surface area contributed by atoms with Crippen LogP contribution in [0.1, 0.15) is 10.6 Å². The zero-order valence-corrected chi connectivity index (χ0v) is 17.8. The lowest BCUT2D eigenvalue weighted by molar-refractivity contribution is -0.137. The summed E-state index contributed by atoms with van der Waals surface area (Å²) in [6.07, 6.45) is -3.28. The molecule has 0 fully saturated rings. The first-order chi connectivity index (χ1) is 14.8. The summed E-state index contributed by atoms with van der Waals surface area (Å²) in [7, 11) is 3.06. The molecule has 0 aliphatic rings. The van der Waals surface area contributed by atoms with E-state index in [4.69, 9.17) is 21.1 Å². The summed E-state index contributed by atoms with van der Waals surface area (Å²) < 4.78 is 49.6. The number of halogens is 4. The third kappa shape index (κ3) is 5.10. The van der Waals surface area contributed by atoms with Crippen molar-refractivity contribution in [2.24, 2.45) is 0 Å². The second-order valence-electron chi connectivity index (χ2n) is 6.11. The van der Waals surface area contributed by atoms with Gasteiger partial charge in [0.15, 0.2) is 11.5 Å². The number of ether oxygens (including phenoxy) is 2. The Hall–Kier alpha value is -3.22. The average Bonchev–Trinajstić information content (AvgIpc) is 3.24. The predicted molar refractivity (Wildman–Crippen MR) is 114 cm³/mol. The van der Waals surface area contributed by atoms with Crippen LogP contribution in [0, 0.1) is 11.3 Å². The molecule has 3 rings (SSSR count). The standard InChI is InChI=1S/C21H15ClF3N3O2S/c1-29-18-6-3-12(7-19(18)30-2)17-11-31-20(28-17)13(9-26)10-27-14-4-5-16(22)15(8-14)21(23,24)25/h3-8,10-11,27H,1-2H3/b13-10+. The maximum atomic E-state index is 13.0. The first kappa shape index (κ1) is 22.5. The van der Waals surface area contributed by atoms with Gasteiger partial charge in [-0.1, -0.05) is 11.6 Å². The van der Waals surface area contributed by atoms with E-state index in [-0.39, 0.29) is 11.3 Å². The van der Waals surface area contributed by atoms with Crippen LogP contribution in [0.2, 0.25) is 5.02 Å². The van der Waals surface area contributed by atoms with Crippen LogP contribution in [0.25, 0.3) is 16.8 Å². The third-order valence-electron chi connectivity index (χ3n) is 4.19. The molecule has 0 aliphatic heterocycles. The Bertz CT molecular complexity index is 1170. The largest absolute Gasteiger partial charge is 0.493 e. The molecular weight excluding hydrogens is 451 g/mol. The maximum Gasteiger partial charge on any atom is 0.417 e. The Labute approximate surface area is 185 Å². The summed E-state index contributed by atoms with van der Waals surface area (Å²) in [6, 6.07) is 10.7. The fraction of sp³-hybridized carbons (Fsp3) is 0.143. The minimum atomic E-state index is -4.58. The number of nitrogens with zero attached hydrogens (tertiary/aromatic N) is 2. The Kier molecular flexibility index (Phi) is 6.73. The van der Waals surface area contributed by atoms with Gasteiger partial charge in [-0.15, -0.1) is 11.3 Å². The van der Waals surface area contributed by atoms with E-state index in [1.54, 1.807) is 23.6 Å². The number of anilines is 1. The van der Waals surface area contributed by atoms with Gasteiger partial charge in [0.1, 0.15) is 16.6 Å². The van der Waals surface area contributed by atoms with E-state index in [0.29, 0.717) is 22.2 Å². The van der Waals surface area contributed by atoms with Gasteiger partial charge in [-0.2, -0.15) is 18.4 Å². The zero-order valence-electron chi connectivity index (χ0n) is 16.2. The van der Waals surface area contributed by atoms with E-state index >= 15 is 0 Å². The molecule has 0 bridgehead atoms. The Balaban J connectivity index is 1.86.